The largest absolute Gasteiger partial charge is 0.491 e. The van der Waals surface area contributed by atoms with Gasteiger partial charge in [-0.15, -0.1) is 0 Å². The van der Waals surface area contributed by atoms with Crippen LogP contribution in [0.5, 0.6) is 5.75 Å². The molecule has 0 saturated carbocycles. The lowest BCUT2D eigenvalue weighted by Gasteiger charge is -2.23. The van der Waals surface area contributed by atoms with E-state index in [1.807, 2.05) is 12.1 Å². The fourth-order valence-electron chi connectivity index (χ4n) is 2.32. The average molecular weight is 312 g/mol. The Kier molecular flexibility index (Phi) is 4.72. The Labute approximate surface area is 124 Å². The number of para-hydroxylation sites is 2. The maximum Gasteiger partial charge on any atom is 0.226 e. The van der Waals surface area contributed by atoms with E-state index < -0.39 is 9.84 Å². The molecular formula is C14H20N2O4S. The average Bonchev–Trinajstić information content (AvgIpc) is 2.80. The van der Waals surface area contributed by atoms with Crippen molar-refractivity contribution in [2.45, 2.75) is 18.9 Å². The van der Waals surface area contributed by atoms with E-state index in [1.54, 1.807) is 19.2 Å². The molecule has 1 heterocycles. The quantitative estimate of drug-likeness (QED) is 0.808. The smallest absolute Gasteiger partial charge is 0.226 e. The second kappa shape index (κ2) is 6.34. The standard InChI is InChI=1S/C14H20N2O4S/c1-16(11-7-9-21(18,19)10-11)14(17)6-8-20-13-5-3-2-4-12(13)15/h2-5,11H,6-10,15H2,1H3. The van der Waals surface area contributed by atoms with Gasteiger partial charge in [-0.25, -0.2) is 8.42 Å². The Hall–Kier alpha value is -1.76. The van der Waals surface area contributed by atoms with Crippen molar-refractivity contribution in [3.8, 4) is 5.75 Å². The molecule has 0 bridgehead atoms. The third-order valence-electron chi connectivity index (χ3n) is 3.64. The third kappa shape index (κ3) is 4.10. The molecule has 0 aliphatic carbocycles. The molecule has 0 aromatic heterocycles. The molecule has 1 amide bonds. The molecule has 2 N–H and O–H groups in total. The molecule has 1 saturated heterocycles. The summed E-state index contributed by atoms with van der Waals surface area (Å²) in [7, 11) is -1.34. The molecule has 2 rings (SSSR count). The van der Waals surface area contributed by atoms with Crippen molar-refractivity contribution in [1.29, 1.82) is 0 Å². The highest BCUT2D eigenvalue weighted by Crippen LogP contribution is 2.20. The first-order valence-corrected chi connectivity index (χ1v) is 8.64. The lowest BCUT2D eigenvalue weighted by molar-refractivity contribution is -0.132. The molecule has 6 nitrogen and oxygen atoms in total. The number of amides is 1. The Bertz CT molecular complexity index is 615. The molecule has 21 heavy (non-hydrogen) atoms. The number of nitrogens with two attached hydrogens (primary N) is 1. The molecule has 1 atom stereocenters. The zero-order valence-electron chi connectivity index (χ0n) is 12.0. The van der Waals surface area contributed by atoms with Crippen LogP contribution in [-0.4, -0.2) is 50.4 Å². The number of sulfone groups is 1. The molecule has 1 aromatic carbocycles. The zero-order valence-corrected chi connectivity index (χ0v) is 12.8. The fourth-order valence-corrected chi connectivity index (χ4v) is 4.10. The van der Waals surface area contributed by atoms with Crippen LogP contribution >= 0.6 is 0 Å². The van der Waals surface area contributed by atoms with Crippen LogP contribution in [0.4, 0.5) is 5.69 Å². The van der Waals surface area contributed by atoms with Crippen LogP contribution in [-0.2, 0) is 14.6 Å². The van der Waals surface area contributed by atoms with Crippen molar-refractivity contribution in [2.24, 2.45) is 0 Å². The first-order valence-electron chi connectivity index (χ1n) is 6.82. The highest BCUT2D eigenvalue weighted by atomic mass is 32.2. The molecule has 1 aliphatic rings. The van der Waals surface area contributed by atoms with Crippen molar-refractivity contribution in [3.05, 3.63) is 24.3 Å². The monoisotopic (exact) mass is 312 g/mol. The maximum atomic E-state index is 12.0. The van der Waals surface area contributed by atoms with Crippen LogP contribution in [0.2, 0.25) is 0 Å². The summed E-state index contributed by atoms with van der Waals surface area (Å²) in [6.07, 6.45) is 0.707. The summed E-state index contributed by atoms with van der Waals surface area (Å²) in [5.74, 6) is 0.650. The Morgan fingerprint density at radius 2 is 2.14 bits per heavy atom. The summed E-state index contributed by atoms with van der Waals surface area (Å²) in [6, 6.07) is 6.87. The van der Waals surface area contributed by atoms with Crippen molar-refractivity contribution < 1.29 is 17.9 Å². The predicted octanol–water partition coefficient (Wildman–Crippen LogP) is 0.683. The summed E-state index contributed by atoms with van der Waals surface area (Å²) < 4.78 is 28.3. The van der Waals surface area contributed by atoms with Gasteiger partial charge >= 0.3 is 0 Å². The second-order valence-electron chi connectivity index (χ2n) is 5.20. The predicted molar refractivity (Wildman–Crippen MR) is 80.8 cm³/mol. The summed E-state index contributed by atoms with van der Waals surface area (Å²) in [6.45, 7) is 0.219. The van der Waals surface area contributed by atoms with E-state index in [9.17, 15) is 13.2 Å². The van der Waals surface area contributed by atoms with Gasteiger partial charge < -0.3 is 15.4 Å². The fraction of sp³-hybridized carbons (Fsp3) is 0.500. The summed E-state index contributed by atoms with van der Waals surface area (Å²) in [5.41, 5.74) is 6.27. The summed E-state index contributed by atoms with van der Waals surface area (Å²) in [5, 5.41) is 0. The van der Waals surface area contributed by atoms with E-state index in [2.05, 4.69) is 0 Å². The number of carbonyl (C=O) groups is 1. The minimum atomic E-state index is -2.98. The van der Waals surface area contributed by atoms with Crippen molar-refractivity contribution in [1.82, 2.24) is 4.90 Å². The molecule has 0 spiro atoms. The van der Waals surface area contributed by atoms with Crippen molar-refractivity contribution in [2.75, 3.05) is 30.9 Å². The van der Waals surface area contributed by atoms with E-state index >= 15 is 0 Å². The zero-order chi connectivity index (χ0) is 15.5. The number of ether oxygens (including phenoxy) is 1. The minimum absolute atomic E-state index is 0.0573. The number of carbonyl (C=O) groups excluding carboxylic acids is 1. The minimum Gasteiger partial charge on any atom is -0.491 e. The molecule has 1 unspecified atom stereocenters. The van der Waals surface area contributed by atoms with Crippen LogP contribution in [0.3, 0.4) is 0 Å². The maximum absolute atomic E-state index is 12.0. The first kappa shape index (κ1) is 15.6. The molecule has 0 radical (unpaired) electrons. The highest BCUT2D eigenvalue weighted by Gasteiger charge is 2.32. The highest BCUT2D eigenvalue weighted by molar-refractivity contribution is 7.91. The van der Waals surface area contributed by atoms with E-state index in [0.717, 1.165) is 0 Å². The van der Waals surface area contributed by atoms with E-state index in [-0.39, 0.29) is 36.5 Å². The number of rotatable bonds is 5. The number of nitrogen functional groups attached to an aromatic ring is 1. The first-order chi connectivity index (χ1) is 9.89. The van der Waals surface area contributed by atoms with Crippen LogP contribution < -0.4 is 10.5 Å². The SMILES string of the molecule is CN(C(=O)CCOc1ccccc1N)C1CCS(=O)(=O)C1. The van der Waals surface area contributed by atoms with Gasteiger partial charge in [-0.1, -0.05) is 12.1 Å². The van der Waals surface area contributed by atoms with Gasteiger partial charge in [0.1, 0.15) is 5.75 Å². The topological polar surface area (TPSA) is 89.7 Å². The second-order valence-corrected chi connectivity index (χ2v) is 7.43. The number of benzene rings is 1. The third-order valence-corrected chi connectivity index (χ3v) is 5.39. The van der Waals surface area contributed by atoms with Gasteiger partial charge in [0.25, 0.3) is 0 Å². The van der Waals surface area contributed by atoms with Crippen LogP contribution in [0.15, 0.2) is 24.3 Å². The Balaban J connectivity index is 1.81. The van der Waals surface area contributed by atoms with Gasteiger partial charge in [-0.2, -0.15) is 0 Å². The molecule has 116 valence electrons. The Morgan fingerprint density at radius 1 is 1.43 bits per heavy atom. The van der Waals surface area contributed by atoms with E-state index in [1.165, 1.54) is 4.90 Å². The lowest BCUT2D eigenvalue weighted by Crippen LogP contribution is -2.38. The molecule has 1 aromatic rings. The molecule has 1 aliphatic heterocycles. The van der Waals surface area contributed by atoms with Gasteiger partial charge in [0.2, 0.25) is 5.91 Å². The Morgan fingerprint density at radius 3 is 2.76 bits per heavy atom. The van der Waals surface area contributed by atoms with Crippen molar-refractivity contribution >= 4 is 21.4 Å². The molecular weight excluding hydrogens is 292 g/mol. The number of hydrogen-bond acceptors (Lipinski definition) is 5. The summed E-state index contributed by atoms with van der Waals surface area (Å²) in [4.78, 5) is 13.6. The normalized spacial score (nSPS) is 20.1. The van der Waals surface area contributed by atoms with Crippen LogP contribution in [0, 0.1) is 0 Å². The van der Waals surface area contributed by atoms with Crippen LogP contribution in [0.1, 0.15) is 12.8 Å². The van der Waals surface area contributed by atoms with Gasteiger partial charge in [0.15, 0.2) is 9.84 Å². The number of anilines is 1. The van der Waals surface area contributed by atoms with Gasteiger partial charge in [-0.05, 0) is 18.6 Å². The molecule has 1 fully saturated rings. The number of hydrogen-bond donors (Lipinski definition) is 1. The van der Waals surface area contributed by atoms with Crippen LogP contribution in [0.25, 0.3) is 0 Å². The van der Waals surface area contributed by atoms with E-state index in [4.69, 9.17) is 10.5 Å². The van der Waals surface area contributed by atoms with Crippen molar-refractivity contribution in [3.63, 3.8) is 0 Å². The lowest BCUT2D eigenvalue weighted by atomic mass is 10.2. The van der Waals surface area contributed by atoms with Gasteiger partial charge in [-0.3, -0.25) is 4.79 Å². The van der Waals surface area contributed by atoms with E-state index in [0.29, 0.717) is 17.9 Å². The molecule has 7 heteroatoms. The summed E-state index contributed by atoms with van der Waals surface area (Å²) >= 11 is 0. The van der Waals surface area contributed by atoms with Gasteiger partial charge in [0, 0.05) is 13.1 Å². The van der Waals surface area contributed by atoms with Gasteiger partial charge in [0.05, 0.1) is 30.2 Å². The number of nitrogens with zero attached hydrogens (tertiary/aromatic N) is 1.